The van der Waals surface area contributed by atoms with Gasteiger partial charge in [0.15, 0.2) is 0 Å². The van der Waals surface area contributed by atoms with E-state index in [4.69, 9.17) is 4.74 Å². The molecule has 0 bridgehead atoms. The van der Waals surface area contributed by atoms with Gasteiger partial charge in [0.05, 0.1) is 24.5 Å². The van der Waals surface area contributed by atoms with Crippen LogP contribution < -0.4 is 10.6 Å². The lowest BCUT2D eigenvalue weighted by Gasteiger charge is -2.49. The number of aliphatic carboxylic acids is 1. The van der Waals surface area contributed by atoms with Gasteiger partial charge in [-0.3, -0.25) is 19.3 Å². The number of β-lactam (4-membered cyclic amide) rings is 1. The van der Waals surface area contributed by atoms with Crippen LogP contribution in [0.2, 0.25) is 0 Å². The van der Waals surface area contributed by atoms with E-state index in [1.165, 1.54) is 18.7 Å². The first kappa shape index (κ1) is 27.3. The summed E-state index contributed by atoms with van der Waals surface area (Å²) in [5.74, 6) is -2.51. The molecule has 0 saturated carbocycles. The molecule has 1 aromatic heterocycles. The lowest BCUT2D eigenvalue weighted by molar-refractivity contribution is -0.151. The van der Waals surface area contributed by atoms with Crippen LogP contribution in [-0.2, 0) is 36.8 Å². The van der Waals surface area contributed by atoms with Gasteiger partial charge in [0.1, 0.15) is 30.4 Å². The van der Waals surface area contributed by atoms with Gasteiger partial charge in [0, 0.05) is 37.4 Å². The third kappa shape index (κ3) is 6.22. The minimum absolute atomic E-state index is 0.00759. The van der Waals surface area contributed by atoms with E-state index in [0.29, 0.717) is 24.1 Å². The fourth-order valence-corrected chi connectivity index (χ4v) is 5.65. The molecule has 202 valence electrons. The molecule has 3 unspecified atom stereocenters. The minimum atomic E-state index is -1.29. The number of ether oxygens (including phenoxy) is 1. The maximum atomic E-state index is 13.6. The number of aromatic amines is 1. The average Bonchev–Trinajstić information content (AvgIpc) is 3.42. The number of imidazole rings is 1. The second-order valence-corrected chi connectivity index (χ2v) is 9.99. The number of aromatic nitrogens is 2. The number of carbonyl (C=O) groups excluding carboxylic acids is 3. The molecule has 4 N–H and O–H groups in total. The van der Waals surface area contributed by atoms with Crippen molar-refractivity contribution >= 4 is 35.5 Å². The molecular weight excluding hydrogens is 517 g/mol. The van der Waals surface area contributed by atoms with Gasteiger partial charge in [-0.05, 0) is 11.1 Å². The zero-order valence-corrected chi connectivity index (χ0v) is 21.4. The zero-order chi connectivity index (χ0) is 27.2. The van der Waals surface area contributed by atoms with Crippen LogP contribution in [0.3, 0.4) is 0 Å². The molecule has 3 atom stereocenters. The number of fused-ring (bicyclic) bond motifs is 1. The zero-order valence-electron chi connectivity index (χ0n) is 20.6. The molecule has 11 nitrogen and oxygen atoms in total. The van der Waals surface area contributed by atoms with Crippen molar-refractivity contribution in [3.05, 3.63) is 64.9 Å². The van der Waals surface area contributed by atoms with E-state index >= 15 is 0 Å². The molecule has 2 amide bonds. The fraction of sp³-hybridized carbons (Fsp3) is 0.400. The number of carbonyl (C=O) groups is 4. The predicted molar refractivity (Wildman–Crippen MR) is 135 cm³/mol. The quantitative estimate of drug-likeness (QED) is 0.227. The highest BCUT2D eigenvalue weighted by Gasteiger charge is 2.54. The molecule has 4 rings (SSSR count). The van der Waals surface area contributed by atoms with Crippen molar-refractivity contribution in [1.82, 2.24) is 25.5 Å². The first-order valence-corrected chi connectivity index (χ1v) is 13.0. The number of benzene rings is 1. The van der Waals surface area contributed by atoms with Crippen LogP contribution in [0, 0.1) is 0 Å². The van der Waals surface area contributed by atoms with Crippen LogP contribution in [0.1, 0.15) is 29.8 Å². The highest BCUT2D eigenvalue weighted by molar-refractivity contribution is 8.00. The van der Waals surface area contributed by atoms with Crippen molar-refractivity contribution < 1.29 is 33.4 Å². The summed E-state index contributed by atoms with van der Waals surface area (Å²) in [4.78, 5) is 56.5. The number of carboxylic acids is 1. The Bertz CT molecular complexity index is 1220. The highest BCUT2D eigenvalue weighted by Crippen LogP contribution is 2.40. The van der Waals surface area contributed by atoms with Crippen LogP contribution in [0.4, 0.5) is 4.39 Å². The van der Waals surface area contributed by atoms with Crippen LogP contribution in [-0.4, -0.2) is 80.7 Å². The summed E-state index contributed by atoms with van der Waals surface area (Å²) in [7, 11) is 0. The summed E-state index contributed by atoms with van der Waals surface area (Å²) >= 11 is 1.30. The van der Waals surface area contributed by atoms with Gasteiger partial charge < -0.3 is 25.5 Å². The van der Waals surface area contributed by atoms with Crippen molar-refractivity contribution in [3.8, 4) is 0 Å². The van der Waals surface area contributed by atoms with Gasteiger partial charge in [0.25, 0.3) is 5.91 Å². The number of rotatable bonds is 12. The average molecular weight is 546 g/mol. The minimum Gasteiger partial charge on any atom is -0.477 e. The number of thioether (sulfide) groups is 1. The maximum absolute atomic E-state index is 13.6. The van der Waals surface area contributed by atoms with Gasteiger partial charge in [-0.1, -0.05) is 24.3 Å². The Hall–Kier alpha value is -3.71. The number of amides is 2. The van der Waals surface area contributed by atoms with Gasteiger partial charge in [-0.15, -0.1) is 11.8 Å². The van der Waals surface area contributed by atoms with Crippen LogP contribution in [0.5, 0.6) is 0 Å². The Morgan fingerprint density at radius 2 is 2.08 bits per heavy atom. The van der Waals surface area contributed by atoms with E-state index < -0.39 is 42.0 Å². The third-order valence-electron chi connectivity index (χ3n) is 6.24. The van der Waals surface area contributed by atoms with Crippen molar-refractivity contribution in [2.45, 2.75) is 37.2 Å². The van der Waals surface area contributed by atoms with Gasteiger partial charge in [0.2, 0.25) is 5.91 Å². The number of hydrogen-bond donors (Lipinski definition) is 4. The van der Waals surface area contributed by atoms with E-state index in [-0.39, 0.29) is 30.4 Å². The second-order valence-electron chi connectivity index (χ2n) is 8.88. The lowest BCUT2D eigenvalue weighted by Crippen LogP contribution is -2.70. The molecule has 2 aromatic rings. The summed E-state index contributed by atoms with van der Waals surface area (Å²) in [5, 5.41) is 14.9. The normalized spacial score (nSPS) is 19.4. The molecule has 2 aliphatic rings. The number of carboxylic acid groups (broad SMARTS) is 1. The van der Waals surface area contributed by atoms with Gasteiger partial charge >= 0.3 is 11.9 Å². The maximum Gasteiger partial charge on any atom is 0.352 e. The number of nitrogens with zero attached hydrogens (tertiary/aromatic N) is 2. The summed E-state index contributed by atoms with van der Waals surface area (Å²) in [6, 6.07) is 5.66. The molecule has 13 heteroatoms. The molecular formula is C25H28FN5O6S. The third-order valence-corrected chi connectivity index (χ3v) is 7.58. The Morgan fingerprint density at radius 3 is 2.71 bits per heavy atom. The second kappa shape index (κ2) is 12.2. The molecule has 0 spiro atoms. The summed E-state index contributed by atoms with van der Waals surface area (Å²) in [6.07, 6.45) is 4.05. The number of H-pyrrole nitrogens is 1. The van der Waals surface area contributed by atoms with E-state index in [1.54, 1.807) is 36.8 Å². The number of esters is 1. The number of alkyl halides is 1. The van der Waals surface area contributed by atoms with E-state index in [9.17, 15) is 28.7 Å². The fourth-order valence-electron chi connectivity index (χ4n) is 4.32. The number of halogens is 1. The van der Waals surface area contributed by atoms with Gasteiger partial charge in [-0.2, -0.15) is 0 Å². The summed E-state index contributed by atoms with van der Waals surface area (Å²) < 4.78 is 18.5. The van der Waals surface area contributed by atoms with Gasteiger partial charge in [-0.25, -0.2) is 14.2 Å². The topological polar surface area (TPSA) is 154 Å². The molecule has 3 heterocycles. The first-order chi connectivity index (χ1) is 18.3. The Labute approximate surface area is 222 Å². The van der Waals surface area contributed by atoms with Crippen LogP contribution in [0.15, 0.2) is 48.1 Å². The molecule has 0 aliphatic carbocycles. The van der Waals surface area contributed by atoms with Crippen molar-refractivity contribution in [2.24, 2.45) is 0 Å². The predicted octanol–water partition coefficient (Wildman–Crippen LogP) is 1.10. The Kier molecular flexibility index (Phi) is 8.79. The van der Waals surface area contributed by atoms with E-state index in [0.717, 1.165) is 16.2 Å². The standard InChI is InChI=1S/C25H28FN5O6S/c1-14(32)37-11-17-12-38-24-21(23(34)31(24)22(17)25(35)36)30-20(33)8-15-2-4-16(5-3-15)19(9-26)28-7-6-18-10-27-13-29-18/h2-5,10,13,19,21,24,28H,6-9,11-12H2,1H3,(H,27,29)(H,30,33)(H,35,36). The van der Waals surface area contributed by atoms with E-state index in [2.05, 4.69) is 20.6 Å². The summed E-state index contributed by atoms with van der Waals surface area (Å²) in [6.45, 7) is 0.971. The lowest BCUT2D eigenvalue weighted by atomic mass is 10.0. The first-order valence-electron chi connectivity index (χ1n) is 12.0. The Balaban J connectivity index is 1.30. The van der Waals surface area contributed by atoms with Crippen molar-refractivity contribution in [3.63, 3.8) is 0 Å². The monoisotopic (exact) mass is 545 g/mol. The number of nitrogens with one attached hydrogen (secondary N) is 3. The van der Waals surface area contributed by atoms with E-state index in [1.807, 2.05) is 0 Å². The molecule has 0 radical (unpaired) electrons. The van der Waals surface area contributed by atoms with Crippen LogP contribution in [0.25, 0.3) is 0 Å². The summed E-state index contributed by atoms with van der Waals surface area (Å²) in [5.41, 5.74) is 2.44. The molecule has 1 fully saturated rings. The molecule has 1 aromatic carbocycles. The Morgan fingerprint density at radius 1 is 1.32 bits per heavy atom. The van der Waals surface area contributed by atoms with Crippen molar-refractivity contribution in [1.29, 1.82) is 0 Å². The highest BCUT2D eigenvalue weighted by atomic mass is 32.2. The largest absolute Gasteiger partial charge is 0.477 e. The smallest absolute Gasteiger partial charge is 0.352 e. The van der Waals surface area contributed by atoms with Crippen LogP contribution >= 0.6 is 11.8 Å². The molecule has 2 aliphatic heterocycles. The van der Waals surface area contributed by atoms with Crippen molar-refractivity contribution in [2.75, 3.05) is 25.6 Å². The molecule has 1 saturated heterocycles. The molecule has 38 heavy (non-hydrogen) atoms. The number of hydrogen-bond acceptors (Lipinski definition) is 8. The SMILES string of the molecule is CC(=O)OCC1=C(C(=O)O)N2C(=O)C(NC(=O)Cc3ccc(C(CF)NCCc4c[nH]cn4)cc3)C2SC1.